The van der Waals surface area contributed by atoms with Gasteiger partial charge < -0.3 is 19.2 Å². The van der Waals surface area contributed by atoms with E-state index in [9.17, 15) is 4.79 Å². The van der Waals surface area contributed by atoms with Crippen molar-refractivity contribution in [2.24, 2.45) is 0 Å². The van der Waals surface area contributed by atoms with Crippen LogP contribution in [0.5, 0.6) is 11.5 Å². The Hall–Kier alpha value is -3.80. The number of benzene rings is 2. The lowest BCUT2D eigenvalue weighted by molar-refractivity contribution is -0.115. The molecule has 5 rings (SSSR count). The standard InChI is InChI=1S/C22H17N3O3/c26-22(12-15-4-9-19-20(11-15)28-14-27-19)23-17-7-5-16(6-8-17)18-13-25-10-2-1-3-21(25)24-18/h1-11,13H,12,14H2,(H,23,26). The maximum absolute atomic E-state index is 12.4. The SMILES string of the molecule is O=C(Cc1ccc2c(c1)OCO2)Nc1ccc(-c2cn3ccccc3n2)cc1. The van der Waals surface area contributed by atoms with E-state index in [1.807, 2.05) is 77.5 Å². The number of nitrogens with zero attached hydrogens (tertiary/aromatic N) is 2. The Morgan fingerprint density at radius 2 is 1.89 bits per heavy atom. The van der Waals surface area contributed by atoms with Crippen LogP contribution in [0.15, 0.2) is 73.1 Å². The van der Waals surface area contributed by atoms with E-state index in [1.54, 1.807) is 0 Å². The Kier molecular flexibility index (Phi) is 3.94. The van der Waals surface area contributed by atoms with Gasteiger partial charge in [0.25, 0.3) is 0 Å². The van der Waals surface area contributed by atoms with Gasteiger partial charge in [0.1, 0.15) is 5.65 Å². The van der Waals surface area contributed by atoms with E-state index in [2.05, 4.69) is 10.3 Å². The van der Waals surface area contributed by atoms with Gasteiger partial charge in [-0.2, -0.15) is 0 Å². The molecule has 1 N–H and O–H groups in total. The Balaban J connectivity index is 1.27. The number of anilines is 1. The molecule has 1 aliphatic heterocycles. The quantitative estimate of drug-likeness (QED) is 0.591. The van der Waals surface area contributed by atoms with E-state index in [-0.39, 0.29) is 19.1 Å². The fraction of sp³-hybridized carbons (Fsp3) is 0.0909. The topological polar surface area (TPSA) is 64.9 Å². The Labute approximate surface area is 161 Å². The van der Waals surface area contributed by atoms with Gasteiger partial charge in [0.15, 0.2) is 11.5 Å². The van der Waals surface area contributed by atoms with Crippen LogP contribution < -0.4 is 14.8 Å². The minimum atomic E-state index is -0.0839. The number of rotatable bonds is 4. The molecule has 0 fully saturated rings. The summed E-state index contributed by atoms with van der Waals surface area (Å²) in [6.07, 6.45) is 4.23. The van der Waals surface area contributed by atoms with Crippen molar-refractivity contribution in [3.05, 3.63) is 78.6 Å². The van der Waals surface area contributed by atoms with Crippen LogP contribution in [0.1, 0.15) is 5.56 Å². The average Bonchev–Trinajstić information content (AvgIpc) is 3.34. The normalized spacial score (nSPS) is 12.3. The second-order valence-electron chi connectivity index (χ2n) is 6.58. The summed E-state index contributed by atoms with van der Waals surface area (Å²) in [5, 5.41) is 2.93. The number of pyridine rings is 1. The van der Waals surface area contributed by atoms with Crippen molar-refractivity contribution in [2.45, 2.75) is 6.42 Å². The highest BCUT2D eigenvalue weighted by atomic mass is 16.7. The third-order valence-corrected chi connectivity index (χ3v) is 4.63. The predicted molar refractivity (Wildman–Crippen MR) is 106 cm³/mol. The molecule has 6 nitrogen and oxygen atoms in total. The number of imidazole rings is 1. The van der Waals surface area contributed by atoms with Crippen molar-refractivity contribution in [3.8, 4) is 22.8 Å². The van der Waals surface area contributed by atoms with Crippen molar-refractivity contribution in [2.75, 3.05) is 12.1 Å². The fourth-order valence-corrected chi connectivity index (χ4v) is 3.24. The third-order valence-electron chi connectivity index (χ3n) is 4.63. The first-order chi connectivity index (χ1) is 13.7. The van der Waals surface area contributed by atoms with Crippen LogP contribution in [0.25, 0.3) is 16.9 Å². The molecule has 0 saturated heterocycles. The van der Waals surface area contributed by atoms with Crippen molar-refractivity contribution in [1.82, 2.24) is 9.38 Å². The number of nitrogens with one attached hydrogen (secondary N) is 1. The molecular weight excluding hydrogens is 354 g/mol. The first kappa shape index (κ1) is 16.4. The van der Waals surface area contributed by atoms with Gasteiger partial charge in [0.2, 0.25) is 12.7 Å². The monoisotopic (exact) mass is 371 g/mol. The molecular formula is C22H17N3O3. The molecule has 0 unspecified atom stereocenters. The van der Waals surface area contributed by atoms with Crippen LogP contribution in [0.2, 0.25) is 0 Å². The van der Waals surface area contributed by atoms with E-state index < -0.39 is 0 Å². The molecule has 6 heteroatoms. The summed E-state index contributed by atoms with van der Waals surface area (Å²) in [6.45, 7) is 0.226. The van der Waals surface area contributed by atoms with Crippen LogP contribution >= 0.6 is 0 Å². The highest BCUT2D eigenvalue weighted by molar-refractivity contribution is 5.92. The van der Waals surface area contributed by atoms with Crippen LogP contribution in [0.4, 0.5) is 5.69 Å². The zero-order chi connectivity index (χ0) is 18.9. The molecule has 4 aromatic rings. The van der Waals surface area contributed by atoms with Crippen LogP contribution in [0, 0.1) is 0 Å². The first-order valence-electron chi connectivity index (χ1n) is 8.97. The maximum Gasteiger partial charge on any atom is 0.231 e. The third kappa shape index (κ3) is 3.16. The van der Waals surface area contributed by atoms with Crippen LogP contribution in [-0.4, -0.2) is 22.1 Å². The van der Waals surface area contributed by atoms with Gasteiger partial charge in [-0.25, -0.2) is 4.98 Å². The molecule has 0 radical (unpaired) electrons. The van der Waals surface area contributed by atoms with Crippen molar-refractivity contribution in [3.63, 3.8) is 0 Å². The lowest BCUT2D eigenvalue weighted by atomic mass is 10.1. The van der Waals surface area contributed by atoms with Gasteiger partial charge >= 0.3 is 0 Å². The molecule has 0 atom stereocenters. The lowest BCUT2D eigenvalue weighted by Crippen LogP contribution is -2.14. The number of amides is 1. The molecule has 28 heavy (non-hydrogen) atoms. The average molecular weight is 371 g/mol. The van der Waals surface area contributed by atoms with E-state index in [1.165, 1.54) is 0 Å². The largest absolute Gasteiger partial charge is 0.454 e. The van der Waals surface area contributed by atoms with Crippen molar-refractivity contribution >= 4 is 17.2 Å². The number of fused-ring (bicyclic) bond motifs is 2. The second-order valence-corrected chi connectivity index (χ2v) is 6.58. The minimum Gasteiger partial charge on any atom is -0.454 e. The van der Waals surface area contributed by atoms with E-state index >= 15 is 0 Å². The van der Waals surface area contributed by atoms with Crippen molar-refractivity contribution < 1.29 is 14.3 Å². The Morgan fingerprint density at radius 1 is 1.04 bits per heavy atom. The Bertz CT molecular complexity index is 1130. The molecule has 0 spiro atoms. The molecule has 0 bridgehead atoms. The van der Waals surface area contributed by atoms with Crippen LogP contribution in [-0.2, 0) is 11.2 Å². The van der Waals surface area contributed by atoms with Crippen LogP contribution in [0.3, 0.4) is 0 Å². The van der Waals surface area contributed by atoms with E-state index in [4.69, 9.17) is 9.47 Å². The highest BCUT2D eigenvalue weighted by Crippen LogP contribution is 2.32. The molecule has 138 valence electrons. The summed E-state index contributed by atoms with van der Waals surface area (Å²) in [7, 11) is 0. The fourth-order valence-electron chi connectivity index (χ4n) is 3.24. The summed E-state index contributed by atoms with van der Waals surface area (Å²) in [6, 6.07) is 19.1. The number of hydrogen-bond donors (Lipinski definition) is 1. The lowest BCUT2D eigenvalue weighted by Gasteiger charge is -2.07. The summed E-state index contributed by atoms with van der Waals surface area (Å²) >= 11 is 0. The van der Waals surface area contributed by atoms with Gasteiger partial charge in [-0.1, -0.05) is 24.3 Å². The van der Waals surface area contributed by atoms with Gasteiger partial charge in [-0.3, -0.25) is 4.79 Å². The number of carbonyl (C=O) groups excluding carboxylic acids is 1. The van der Waals surface area contributed by atoms with Gasteiger partial charge in [0.05, 0.1) is 12.1 Å². The van der Waals surface area contributed by atoms with Gasteiger partial charge in [0, 0.05) is 23.6 Å². The number of ether oxygens (including phenoxy) is 2. The molecule has 0 saturated carbocycles. The van der Waals surface area contributed by atoms with Gasteiger partial charge in [-0.05, 0) is 42.0 Å². The van der Waals surface area contributed by atoms with E-state index in [0.29, 0.717) is 11.5 Å². The molecule has 1 aliphatic rings. The second kappa shape index (κ2) is 6.74. The summed E-state index contributed by atoms with van der Waals surface area (Å²) in [5.74, 6) is 1.31. The summed E-state index contributed by atoms with van der Waals surface area (Å²) < 4.78 is 12.6. The highest BCUT2D eigenvalue weighted by Gasteiger charge is 2.14. The molecule has 0 aliphatic carbocycles. The number of hydrogen-bond acceptors (Lipinski definition) is 4. The smallest absolute Gasteiger partial charge is 0.231 e. The number of aromatic nitrogens is 2. The molecule has 3 heterocycles. The zero-order valence-electron chi connectivity index (χ0n) is 15.0. The molecule has 2 aromatic carbocycles. The Morgan fingerprint density at radius 3 is 2.75 bits per heavy atom. The van der Waals surface area contributed by atoms with Crippen molar-refractivity contribution in [1.29, 1.82) is 0 Å². The minimum absolute atomic E-state index is 0.0839. The first-order valence-corrected chi connectivity index (χ1v) is 8.97. The molecule has 1 amide bonds. The number of carbonyl (C=O) groups is 1. The zero-order valence-corrected chi connectivity index (χ0v) is 15.0. The predicted octanol–water partition coefficient (Wildman–Crippen LogP) is 3.91. The maximum atomic E-state index is 12.4. The van der Waals surface area contributed by atoms with Gasteiger partial charge in [-0.15, -0.1) is 0 Å². The van der Waals surface area contributed by atoms with E-state index in [0.717, 1.165) is 28.2 Å². The molecule has 2 aromatic heterocycles. The summed E-state index contributed by atoms with van der Waals surface area (Å²) in [5.41, 5.74) is 4.42. The summed E-state index contributed by atoms with van der Waals surface area (Å²) in [4.78, 5) is 17.0.